The topological polar surface area (TPSA) is 64.3 Å². The fourth-order valence-electron chi connectivity index (χ4n) is 1.39. The van der Waals surface area contributed by atoms with E-state index in [1.807, 2.05) is 24.4 Å². The van der Waals surface area contributed by atoms with Crippen LogP contribution in [0.2, 0.25) is 0 Å². The van der Waals surface area contributed by atoms with Gasteiger partial charge in [0.05, 0.1) is 6.10 Å². The number of methoxy groups -OCH3 is 1. The molecule has 0 saturated carbocycles. The highest BCUT2D eigenvalue weighted by Crippen LogP contribution is 2.11. The van der Waals surface area contributed by atoms with Crippen LogP contribution < -0.4 is 5.32 Å². The molecule has 0 aliphatic carbocycles. The molecule has 2 heterocycles. The molecule has 0 saturated heterocycles. The Labute approximate surface area is 93.7 Å². The molecule has 6 nitrogen and oxygen atoms in total. The van der Waals surface area contributed by atoms with Crippen molar-refractivity contribution in [3.8, 4) is 0 Å². The number of ether oxygens (including phenoxy) is 1. The van der Waals surface area contributed by atoms with Gasteiger partial charge in [-0.1, -0.05) is 0 Å². The van der Waals surface area contributed by atoms with Crippen molar-refractivity contribution in [3.05, 3.63) is 18.2 Å². The van der Waals surface area contributed by atoms with Crippen LogP contribution in [0.5, 0.6) is 0 Å². The van der Waals surface area contributed by atoms with Crippen molar-refractivity contribution in [1.82, 2.24) is 19.6 Å². The van der Waals surface area contributed by atoms with Gasteiger partial charge >= 0.3 is 0 Å². The molecule has 1 unspecified atom stereocenters. The monoisotopic (exact) mass is 221 g/mol. The Balaban J connectivity index is 2.24. The maximum Gasteiger partial charge on any atom is 0.203 e. The van der Waals surface area contributed by atoms with Crippen LogP contribution in [0.25, 0.3) is 5.65 Å². The first-order valence-corrected chi connectivity index (χ1v) is 5.15. The number of hydrogen-bond donors (Lipinski definition) is 1. The zero-order valence-corrected chi connectivity index (χ0v) is 9.64. The molecule has 0 spiro atoms. The van der Waals surface area contributed by atoms with E-state index in [0.717, 1.165) is 17.3 Å². The Kier molecular flexibility index (Phi) is 3.00. The first kappa shape index (κ1) is 10.8. The maximum atomic E-state index is 5.16. The second kappa shape index (κ2) is 4.44. The number of aryl methyl sites for hydroxylation is 1. The number of anilines is 1. The van der Waals surface area contributed by atoms with E-state index < -0.39 is 0 Å². The van der Waals surface area contributed by atoms with E-state index in [9.17, 15) is 0 Å². The van der Waals surface area contributed by atoms with Gasteiger partial charge in [-0.3, -0.25) is 4.40 Å². The standard InChI is InChI=1S/C10H15N5O/c1-7(16-3)6-12-9-10-14-13-8(2)15(10)5-4-11-9/h4-5,7H,6H2,1-3H3,(H,11,12). The van der Waals surface area contributed by atoms with Crippen LogP contribution in [0.4, 0.5) is 5.82 Å². The number of nitrogens with zero attached hydrogens (tertiary/aromatic N) is 4. The Morgan fingerprint density at radius 1 is 1.50 bits per heavy atom. The number of fused-ring (bicyclic) bond motifs is 1. The van der Waals surface area contributed by atoms with Crippen molar-refractivity contribution in [2.45, 2.75) is 20.0 Å². The van der Waals surface area contributed by atoms with Gasteiger partial charge in [0.2, 0.25) is 5.65 Å². The second-order valence-electron chi connectivity index (χ2n) is 3.64. The van der Waals surface area contributed by atoms with Gasteiger partial charge in [-0.2, -0.15) is 0 Å². The van der Waals surface area contributed by atoms with Crippen molar-refractivity contribution < 1.29 is 4.74 Å². The zero-order chi connectivity index (χ0) is 11.5. The van der Waals surface area contributed by atoms with Gasteiger partial charge in [0, 0.05) is 26.0 Å². The molecule has 86 valence electrons. The highest BCUT2D eigenvalue weighted by molar-refractivity contribution is 5.61. The normalized spacial score (nSPS) is 12.9. The van der Waals surface area contributed by atoms with Crippen LogP contribution in [0.3, 0.4) is 0 Å². The summed E-state index contributed by atoms with van der Waals surface area (Å²) in [6, 6.07) is 0. The Morgan fingerprint density at radius 2 is 2.31 bits per heavy atom. The predicted octanol–water partition coefficient (Wildman–Crippen LogP) is 0.880. The third-order valence-electron chi connectivity index (χ3n) is 2.46. The van der Waals surface area contributed by atoms with Crippen LogP contribution >= 0.6 is 0 Å². The molecule has 0 fully saturated rings. The summed E-state index contributed by atoms with van der Waals surface area (Å²) in [5, 5.41) is 11.3. The third-order valence-corrected chi connectivity index (χ3v) is 2.46. The SMILES string of the molecule is COC(C)CNc1nccn2c(C)nnc12. The van der Waals surface area contributed by atoms with Crippen molar-refractivity contribution in [2.24, 2.45) is 0 Å². The van der Waals surface area contributed by atoms with Crippen molar-refractivity contribution in [3.63, 3.8) is 0 Å². The van der Waals surface area contributed by atoms with Gasteiger partial charge in [-0.05, 0) is 13.8 Å². The highest BCUT2D eigenvalue weighted by Gasteiger charge is 2.08. The molecule has 0 radical (unpaired) electrons. The summed E-state index contributed by atoms with van der Waals surface area (Å²) in [5.41, 5.74) is 0.739. The van der Waals surface area contributed by atoms with E-state index in [4.69, 9.17) is 4.74 Å². The maximum absolute atomic E-state index is 5.16. The Morgan fingerprint density at radius 3 is 3.06 bits per heavy atom. The van der Waals surface area contributed by atoms with Crippen molar-refractivity contribution in [2.75, 3.05) is 19.0 Å². The molecule has 2 aromatic heterocycles. The highest BCUT2D eigenvalue weighted by atomic mass is 16.5. The molecular weight excluding hydrogens is 206 g/mol. The minimum absolute atomic E-state index is 0.131. The van der Waals surface area contributed by atoms with Crippen LogP contribution in [-0.2, 0) is 4.74 Å². The molecule has 1 atom stereocenters. The van der Waals surface area contributed by atoms with E-state index in [1.54, 1.807) is 13.3 Å². The number of hydrogen-bond acceptors (Lipinski definition) is 5. The Hall–Kier alpha value is -1.69. The molecule has 0 aromatic carbocycles. The minimum atomic E-state index is 0.131. The molecule has 16 heavy (non-hydrogen) atoms. The summed E-state index contributed by atoms with van der Waals surface area (Å²) < 4.78 is 7.05. The number of aromatic nitrogens is 4. The van der Waals surface area contributed by atoms with Gasteiger partial charge in [0.25, 0.3) is 0 Å². The van der Waals surface area contributed by atoms with Gasteiger partial charge in [-0.25, -0.2) is 4.98 Å². The van der Waals surface area contributed by atoms with E-state index in [2.05, 4.69) is 20.5 Å². The van der Waals surface area contributed by atoms with E-state index in [-0.39, 0.29) is 6.10 Å². The molecular formula is C10H15N5O. The largest absolute Gasteiger partial charge is 0.380 e. The third kappa shape index (κ3) is 1.96. The second-order valence-corrected chi connectivity index (χ2v) is 3.64. The van der Waals surface area contributed by atoms with Crippen LogP contribution in [0, 0.1) is 6.92 Å². The molecule has 1 N–H and O–H groups in total. The van der Waals surface area contributed by atoms with Gasteiger partial charge in [0.15, 0.2) is 5.82 Å². The van der Waals surface area contributed by atoms with E-state index in [1.165, 1.54) is 0 Å². The van der Waals surface area contributed by atoms with E-state index in [0.29, 0.717) is 6.54 Å². The fourth-order valence-corrected chi connectivity index (χ4v) is 1.39. The lowest BCUT2D eigenvalue weighted by molar-refractivity contribution is 0.128. The lowest BCUT2D eigenvalue weighted by Crippen LogP contribution is -2.19. The first-order valence-electron chi connectivity index (χ1n) is 5.15. The first-order chi connectivity index (χ1) is 7.72. The van der Waals surface area contributed by atoms with Crippen molar-refractivity contribution in [1.29, 1.82) is 0 Å². The molecule has 6 heteroatoms. The van der Waals surface area contributed by atoms with E-state index >= 15 is 0 Å². The molecule has 0 bridgehead atoms. The minimum Gasteiger partial charge on any atom is -0.380 e. The number of rotatable bonds is 4. The van der Waals surface area contributed by atoms with Crippen LogP contribution in [-0.4, -0.2) is 39.3 Å². The lowest BCUT2D eigenvalue weighted by atomic mass is 10.4. The lowest BCUT2D eigenvalue weighted by Gasteiger charge is -2.11. The van der Waals surface area contributed by atoms with Crippen LogP contribution in [0.1, 0.15) is 12.7 Å². The zero-order valence-electron chi connectivity index (χ0n) is 9.64. The fraction of sp³-hybridized carbons (Fsp3) is 0.500. The smallest absolute Gasteiger partial charge is 0.203 e. The van der Waals surface area contributed by atoms with Gasteiger partial charge in [0.1, 0.15) is 5.82 Å². The summed E-state index contributed by atoms with van der Waals surface area (Å²) in [7, 11) is 1.68. The van der Waals surface area contributed by atoms with Gasteiger partial charge < -0.3 is 10.1 Å². The summed E-state index contributed by atoms with van der Waals surface area (Å²) in [5.74, 6) is 1.58. The predicted molar refractivity (Wildman–Crippen MR) is 60.5 cm³/mol. The quantitative estimate of drug-likeness (QED) is 0.830. The molecule has 2 rings (SSSR count). The average Bonchev–Trinajstić information content (AvgIpc) is 2.69. The molecule has 0 aliphatic heterocycles. The summed E-state index contributed by atoms with van der Waals surface area (Å²) in [6.45, 7) is 4.58. The summed E-state index contributed by atoms with van der Waals surface area (Å²) >= 11 is 0. The summed E-state index contributed by atoms with van der Waals surface area (Å²) in [6.07, 6.45) is 3.70. The average molecular weight is 221 g/mol. The summed E-state index contributed by atoms with van der Waals surface area (Å²) in [4.78, 5) is 4.24. The number of nitrogens with one attached hydrogen (secondary N) is 1. The molecule has 2 aromatic rings. The van der Waals surface area contributed by atoms with Gasteiger partial charge in [-0.15, -0.1) is 10.2 Å². The Bertz CT molecular complexity index is 481. The van der Waals surface area contributed by atoms with Crippen molar-refractivity contribution >= 4 is 11.5 Å². The molecule has 0 aliphatic rings. The molecule has 0 amide bonds. The van der Waals surface area contributed by atoms with Crippen LogP contribution in [0.15, 0.2) is 12.4 Å².